The Morgan fingerprint density at radius 1 is 1.26 bits per heavy atom. The molecule has 0 radical (unpaired) electrons. The van der Waals surface area contributed by atoms with Gasteiger partial charge >= 0.3 is 6.01 Å². The molecule has 0 spiro atoms. The van der Waals surface area contributed by atoms with Gasteiger partial charge in [0.1, 0.15) is 6.61 Å². The molecule has 0 fully saturated rings. The fourth-order valence-electron chi connectivity index (χ4n) is 1.47. The predicted molar refractivity (Wildman–Crippen MR) is 75.3 cm³/mol. The van der Waals surface area contributed by atoms with Gasteiger partial charge in [-0.3, -0.25) is 0 Å². The number of nitrogens with zero attached hydrogens (tertiary/aromatic N) is 2. The molecule has 5 nitrogen and oxygen atoms in total. The minimum Gasteiger partial charge on any atom is -0.461 e. The van der Waals surface area contributed by atoms with E-state index in [1.807, 2.05) is 13.1 Å². The van der Waals surface area contributed by atoms with Crippen LogP contribution < -0.4 is 10.1 Å². The third-order valence-electron chi connectivity index (χ3n) is 2.57. The van der Waals surface area contributed by atoms with Crippen molar-refractivity contribution in [2.75, 3.05) is 19.8 Å². The van der Waals surface area contributed by atoms with Gasteiger partial charge in [0.15, 0.2) is 0 Å². The summed E-state index contributed by atoms with van der Waals surface area (Å²) in [5.41, 5.74) is 2.05. The molecule has 0 atom stereocenters. The number of nitrogens with one attached hydrogen (secondary N) is 1. The van der Waals surface area contributed by atoms with Gasteiger partial charge < -0.3 is 14.8 Å². The third kappa shape index (κ3) is 6.50. The summed E-state index contributed by atoms with van der Waals surface area (Å²) in [7, 11) is 0. The smallest absolute Gasteiger partial charge is 0.316 e. The molecule has 1 N–H and O–H groups in total. The Hall–Kier alpha value is -1.20. The van der Waals surface area contributed by atoms with Crippen molar-refractivity contribution >= 4 is 0 Å². The van der Waals surface area contributed by atoms with Gasteiger partial charge in [-0.05, 0) is 13.3 Å². The number of aromatic nitrogens is 2. The van der Waals surface area contributed by atoms with Gasteiger partial charge in [0.2, 0.25) is 0 Å². The molecule has 0 saturated heterocycles. The molecule has 0 saturated carbocycles. The minimum atomic E-state index is 0.422. The van der Waals surface area contributed by atoms with Crippen LogP contribution in [0.3, 0.4) is 0 Å². The van der Waals surface area contributed by atoms with E-state index in [-0.39, 0.29) is 0 Å². The molecule has 1 rings (SSSR count). The number of hydrogen-bond donors (Lipinski definition) is 1. The summed E-state index contributed by atoms with van der Waals surface area (Å²) < 4.78 is 10.8. The average Bonchev–Trinajstić information content (AvgIpc) is 2.37. The van der Waals surface area contributed by atoms with E-state index in [0.717, 1.165) is 30.8 Å². The first-order valence-corrected chi connectivity index (χ1v) is 6.90. The Balaban J connectivity index is 2.38. The van der Waals surface area contributed by atoms with Gasteiger partial charge in [-0.2, -0.15) is 0 Å². The molecule has 1 aromatic heterocycles. The van der Waals surface area contributed by atoms with Crippen LogP contribution >= 0.6 is 0 Å². The van der Waals surface area contributed by atoms with Crippen LogP contribution in [0.4, 0.5) is 0 Å². The average molecular weight is 267 g/mol. The monoisotopic (exact) mass is 267 g/mol. The van der Waals surface area contributed by atoms with E-state index in [4.69, 9.17) is 9.47 Å². The largest absolute Gasteiger partial charge is 0.461 e. The Morgan fingerprint density at radius 2 is 2.05 bits per heavy atom. The fraction of sp³-hybridized carbons (Fsp3) is 0.714. The van der Waals surface area contributed by atoms with Crippen molar-refractivity contribution in [1.82, 2.24) is 15.3 Å². The summed E-state index contributed by atoms with van der Waals surface area (Å²) in [6, 6.07) is 0.872. The van der Waals surface area contributed by atoms with Gasteiger partial charge in [-0.1, -0.05) is 20.8 Å². The first-order valence-electron chi connectivity index (χ1n) is 6.90. The lowest BCUT2D eigenvalue weighted by atomic mass is 10.2. The molecule has 108 valence electrons. The maximum Gasteiger partial charge on any atom is 0.316 e. The zero-order chi connectivity index (χ0) is 14.1. The quantitative estimate of drug-likeness (QED) is 0.694. The molecular formula is C14H25N3O2. The van der Waals surface area contributed by atoms with Crippen molar-refractivity contribution in [3.05, 3.63) is 17.5 Å². The Kier molecular flexibility index (Phi) is 7.36. The third-order valence-corrected chi connectivity index (χ3v) is 2.57. The highest BCUT2D eigenvalue weighted by molar-refractivity contribution is 5.17. The molecule has 1 aromatic rings. The van der Waals surface area contributed by atoms with Crippen LogP contribution in [0.15, 0.2) is 6.20 Å². The van der Waals surface area contributed by atoms with Crippen molar-refractivity contribution in [3.8, 4) is 6.01 Å². The fourth-order valence-corrected chi connectivity index (χ4v) is 1.47. The topological polar surface area (TPSA) is 56.3 Å². The molecule has 0 aromatic carbocycles. The molecule has 0 bridgehead atoms. The standard InChI is InChI=1S/C14H25N3O2/c1-5-6-18-7-8-19-14-16-10-13(12(4)17-14)9-15-11(2)3/h10-11,15H,5-9H2,1-4H3. The van der Waals surface area contributed by atoms with Crippen molar-refractivity contribution in [1.29, 1.82) is 0 Å². The van der Waals surface area contributed by atoms with Crippen LogP contribution in [0, 0.1) is 6.92 Å². The van der Waals surface area contributed by atoms with Crippen LogP contribution in [-0.4, -0.2) is 35.8 Å². The first kappa shape index (κ1) is 15.9. The molecule has 0 aliphatic heterocycles. The van der Waals surface area contributed by atoms with E-state index < -0.39 is 0 Å². The number of rotatable bonds is 9. The summed E-state index contributed by atoms with van der Waals surface area (Å²) in [5.74, 6) is 0. The summed E-state index contributed by atoms with van der Waals surface area (Å²) in [5, 5.41) is 3.35. The van der Waals surface area contributed by atoms with E-state index in [2.05, 4.69) is 36.1 Å². The second-order valence-electron chi connectivity index (χ2n) is 4.76. The van der Waals surface area contributed by atoms with Gasteiger partial charge in [-0.15, -0.1) is 0 Å². The second kappa shape index (κ2) is 8.82. The van der Waals surface area contributed by atoms with E-state index in [0.29, 0.717) is 25.3 Å². The van der Waals surface area contributed by atoms with Crippen LogP contribution in [-0.2, 0) is 11.3 Å². The molecule has 0 aliphatic carbocycles. The number of ether oxygens (including phenoxy) is 2. The zero-order valence-electron chi connectivity index (χ0n) is 12.4. The molecular weight excluding hydrogens is 242 g/mol. The normalized spacial score (nSPS) is 11.0. The minimum absolute atomic E-state index is 0.422. The summed E-state index contributed by atoms with van der Waals surface area (Å²) in [6.07, 6.45) is 2.84. The van der Waals surface area contributed by atoms with Gasteiger partial charge in [-0.25, -0.2) is 9.97 Å². The van der Waals surface area contributed by atoms with E-state index in [1.54, 1.807) is 0 Å². The lowest BCUT2D eigenvalue weighted by Crippen LogP contribution is -2.22. The van der Waals surface area contributed by atoms with Gasteiger partial charge in [0, 0.05) is 36.6 Å². The molecule has 5 heteroatoms. The Morgan fingerprint density at radius 3 is 2.68 bits per heavy atom. The van der Waals surface area contributed by atoms with Crippen LogP contribution in [0.25, 0.3) is 0 Å². The van der Waals surface area contributed by atoms with E-state index >= 15 is 0 Å². The molecule has 0 amide bonds. The zero-order valence-corrected chi connectivity index (χ0v) is 12.4. The van der Waals surface area contributed by atoms with Gasteiger partial charge in [0.05, 0.1) is 6.61 Å². The van der Waals surface area contributed by atoms with Crippen molar-refractivity contribution in [2.45, 2.75) is 46.7 Å². The summed E-state index contributed by atoms with van der Waals surface area (Å²) in [6.45, 7) is 10.9. The van der Waals surface area contributed by atoms with Crippen LogP contribution in [0.2, 0.25) is 0 Å². The SMILES string of the molecule is CCCOCCOc1ncc(CNC(C)C)c(C)n1. The maximum absolute atomic E-state index is 5.45. The van der Waals surface area contributed by atoms with Crippen molar-refractivity contribution in [2.24, 2.45) is 0 Å². The number of aryl methyl sites for hydroxylation is 1. The molecule has 0 unspecified atom stereocenters. The Bertz CT molecular complexity index is 370. The summed E-state index contributed by atoms with van der Waals surface area (Å²) >= 11 is 0. The number of hydrogen-bond acceptors (Lipinski definition) is 5. The van der Waals surface area contributed by atoms with Gasteiger partial charge in [0.25, 0.3) is 0 Å². The van der Waals surface area contributed by atoms with Crippen LogP contribution in [0.5, 0.6) is 6.01 Å². The lowest BCUT2D eigenvalue weighted by molar-refractivity contribution is 0.0971. The van der Waals surface area contributed by atoms with E-state index in [1.165, 1.54) is 0 Å². The molecule has 1 heterocycles. The van der Waals surface area contributed by atoms with E-state index in [9.17, 15) is 0 Å². The first-order chi connectivity index (χ1) is 9.13. The lowest BCUT2D eigenvalue weighted by Gasteiger charge is -2.11. The molecule has 0 aliphatic rings. The maximum atomic E-state index is 5.45. The summed E-state index contributed by atoms with van der Waals surface area (Å²) in [4.78, 5) is 8.55. The Labute approximate surface area is 115 Å². The van der Waals surface area contributed by atoms with Crippen molar-refractivity contribution < 1.29 is 9.47 Å². The highest BCUT2D eigenvalue weighted by Gasteiger charge is 2.04. The molecule has 19 heavy (non-hydrogen) atoms. The highest BCUT2D eigenvalue weighted by atomic mass is 16.5. The predicted octanol–water partition coefficient (Wildman–Crippen LogP) is 2.09. The van der Waals surface area contributed by atoms with Crippen LogP contribution in [0.1, 0.15) is 38.4 Å². The second-order valence-corrected chi connectivity index (χ2v) is 4.76. The van der Waals surface area contributed by atoms with Crippen molar-refractivity contribution in [3.63, 3.8) is 0 Å². The highest BCUT2D eigenvalue weighted by Crippen LogP contribution is 2.08.